The molecule has 1 aromatic heterocycles. The topological polar surface area (TPSA) is 104 Å². The predicted octanol–water partition coefficient (Wildman–Crippen LogP) is -1.74. The Bertz CT molecular complexity index is 693. The third-order valence-corrected chi connectivity index (χ3v) is 2.48. The summed E-state index contributed by atoms with van der Waals surface area (Å²) in [5.74, 6) is -1.99. The minimum absolute atomic E-state index is 0.288. The Hall–Kier alpha value is -2.70. The fourth-order valence-corrected chi connectivity index (χ4v) is 1.60. The number of carbonyl (C=O) groups is 2. The zero-order valence-corrected chi connectivity index (χ0v) is 9.83. The molecule has 0 saturated carbocycles. The van der Waals surface area contributed by atoms with Gasteiger partial charge in [0.25, 0.3) is 5.56 Å². The van der Waals surface area contributed by atoms with Crippen LogP contribution in [0.15, 0.2) is 35.4 Å². The van der Waals surface area contributed by atoms with Gasteiger partial charge >= 0.3 is 0 Å². The average Bonchev–Trinajstić information content (AvgIpc) is 2.40. The summed E-state index contributed by atoms with van der Waals surface area (Å²) in [5.41, 5.74) is 0.188. The van der Waals surface area contributed by atoms with Crippen molar-refractivity contribution < 1.29 is 14.7 Å². The number of aromatic nitrogens is 2. The van der Waals surface area contributed by atoms with Crippen LogP contribution in [-0.4, -0.2) is 28.0 Å². The van der Waals surface area contributed by atoms with Crippen LogP contribution in [0.5, 0.6) is 0 Å². The molecule has 0 aliphatic carbocycles. The first-order chi connectivity index (χ1) is 9.08. The molecule has 1 heterocycles. The summed E-state index contributed by atoms with van der Waals surface area (Å²) in [4.78, 5) is 37.7. The number of carbonyl (C=O) groups excluding carboxylic acids is 2. The molecule has 19 heavy (non-hydrogen) atoms. The Labute approximate surface area is 107 Å². The number of fused-ring (bicyclic) bond motifs is 1. The lowest BCUT2D eigenvalue weighted by atomic mass is 10.2. The molecule has 1 aromatic carbocycles. The molecule has 7 nitrogen and oxygen atoms in total. The first-order valence-corrected chi connectivity index (χ1v) is 5.48. The number of amides is 1. The zero-order valence-electron chi connectivity index (χ0n) is 9.83. The first-order valence-electron chi connectivity index (χ1n) is 5.48. The summed E-state index contributed by atoms with van der Waals surface area (Å²) in [7, 11) is 0. The van der Waals surface area contributed by atoms with Gasteiger partial charge in [0, 0.05) is 0 Å². The van der Waals surface area contributed by atoms with Gasteiger partial charge in [-0.3, -0.25) is 14.2 Å². The van der Waals surface area contributed by atoms with Crippen molar-refractivity contribution in [1.82, 2.24) is 14.9 Å². The lowest BCUT2D eigenvalue weighted by Gasteiger charge is -2.08. The number of rotatable bonds is 4. The standard InChI is InChI=1S/C12H11N3O4/c16-10(13-5-11(17)18)6-15-7-14-9-4-2-1-3-8(9)12(15)19/h1-4,7H,5-6H2,(H,13,16)(H,17,18)/p-1. The van der Waals surface area contributed by atoms with Crippen LogP contribution in [0.25, 0.3) is 10.9 Å². The van der Waals surface area contributed by atoms with E-state index < -0.39 is 18.4 Å². The molecule has 7 heteroatoms. The maximum Gasteiger partial charge on any atom is 0.261 e. The van der Waals surface area contributed by atoms with Crippen LogP contribution in [-0.2, 0) is 16.1 Å². The predicted molar refractivity (Wildman–Crippen MR) is 64.0 cm³/mol. The summed E-state index contributed by atoms with van der Waals surface area (Å²) in [6.07, 6.45) is 1.25. The lowest BCUT2D eigenvalue weighted by Crippen LogP contribution is -2.40. The number of nitrogens with zero attached hydrogens (tertiary/aromatic N) is 2. The molecule has 0 bridgehead atoms. The molecule has 0 saturated heterocycles. The highest BCUT2D eigenvalue weighted by Gasteiger charge is 2.07. The molecule has 0 aliphatic heterocycles. The highest BCUT2D eigenvalue weighted by molar-refractivity contribution is 5.81. The van der Waals surface area contributed by atoms with E-state index in [1.54, 1.807) is 24.3 Å². The maximum absolute atomic E-state index is 12.0. The second-order valence-electron chi connectivity index (χ2n) is 3.84. The molecular weight excluding hydrogens is 250 g/mol. The second kappa shape index (κ2) is 5.30. The third kappa shape index (κ3) is 2.95. The van der Waals surface area contributed by atoms with Crippen molar-refractivity contribution in [1.29, 1.82) is 0 Å². The molecular formula is C12H10N3O4-. The van der Waals surface area contributed by atoms with Gasteiger partial charge in [0.15, 0.2) is 0 Å². The van der Waals surface area contributed by atoms with E-state index in [0.29, 0.717) is 10.9 Å². The van der Waals surface area contributed by atoms with Gasteiger partial charge in [-0.2, -0.15) is 0 Å². The Morgan fingerprint density at radius 2 is 2.05 bits per heavy atom. The molecule has 2 rings (SSSR count). The molecule has 0 unspecified atom stereocenters. The van der Waals surface area contributed by atoms with Crippen LogP contribution < -0.4 is 16.0 Å². The molecule has 0 atom stereocenters. The van der Waals surface area contributed by atoms with E-state index in [1.807, 2.05) is 0 Å². The summed E-state index contributed by atoms with van der Waals surface area (Å²) in [5, 5.41) is 12.7. The number of hydrogen-bond acceptors (Lipinski definition) is 5. The number of para-hydroxylation sites is 1. The van der Waals surface area contributed by atoms with Gasteiger partial charge < -0.3 is 15.2 Å². The molecule has 0 fully saturated rings. The normalized spacial score (nSPS) is 10.3. The fourth-order valence-electron chi connectivity index (χ4n) is 1.60. The van der Waals surface area contributed by atoms with E-state index in [-0.39, 0.29) is 12.1 Å². The molecule has 98 valence electrons. The van der Waals surface area contributed by atoms with Crippen LogP contribution >= 0.6 is 0 Å². The number of aliphatic carboxylic acids is 1. The molecule has 0 spiro atoms. The second-order valence-corrected chi connectivity index (χ2v) is 3.84. The van der Waals surface area contributed by atoms with Crippen molar-refractivity contribution in [3.8, 4) is 0 Å². The van der Waals surface area contributed by atoms with Gasteiger partial charge in [0.2, 0.25) is 5.91 Å². The fraction of sp³-hybridized carbons (Fsp3) is 0.167. The minimum atomic E-state index is -1.39. The summed E-state index contributed by atoms with van der Waals surface area (Å²) in [6.45, 7) is -0.876. The van der Waals surface area contributed by atoms with Crippen LogP contribution in [0.4, 0.5) is 0 Å². The average molecular weight is 260 g/mol. The first kappa shape index (κ1) is 12.7. The number of benzene rings is 1. The Morgan fingerprint density at radius 3 is 2.79 bits per heavy atom. The monoisotopic (exact) mass is 260 g/mol. The van der Waals surface area contributed by atoms with Crippen molar-refractivity contribution >= 4 is 22.8 Å². The zero-order chi connectivity index (χ0) is 13.8. The van der Waals surface area contributed by atoms with E-state index in [4.69, 9.17) is 0 Å². The molecule has 1 amide bonds. The van der Waals surface area contributed by atoms with E-state index in [9.17, 15) is 19.5 Å². The van der Waals surface area contributed by atoms with Gasteiger partial charge in [0.05, 0.1) is 29.7 Å². The van der Waals surface area contributed by atoms with E-state index in [1.165, 1.54) is 6.33 Å². The lowest BCUT2D eigenvalue weighted by molar-refractivity contribution is -0.304. The van der Waals surface area contributed by atoms with Crippen LogP contribution in [0.3, 0.4) is 0 Å². The van der Waals surface area contributed by atoms with Crippen molar-refractivity contribution in [3.63, 3.8) is 0 Å². The van der Waals surface area contributed by atoms with Crippen molar-refractivity contribution in [3.05, 3.63) is 40.9 Å². The highest BCUT2D eigenvalue weighted by atomic mass is 16.4. The maximum atomic E-state index is 12.0. The van der Waals surface area contributed by atoms with E-state index in [2.05, 4.69) is 10.3 Å². The number of carboxylic acids is 1. The van der Waals surface area contributed by atoms with Crippen molar-refractivity contribution in [2.24, 2.45) is 0 Å². The number of nitrogens with one attached hydrogen (secondary N) is 1. The van der Waals surface area contributed by atoms with E-state index in [0.717, 1.165) is 4.57 Å². The van der Waals surface area contributed by atoms with Crippen molar-refractivity contribution in [2.75, 3.05) is 6.54 Å². The highest BCUT2D eigenvalue weighted by Crippen LogP contribution is 2.04. The largest absolute Gasteiger partial charge is 0.548 e. The Kier molecular flexibility index (Phi) is 3.56. The van der Waals surface area contributed by atoms with Gasteiger partial charge in [-0.15, -0.1) is 0 Å². The van der Waals surface area contributed by atoms with Gasteiger partial charge in [0.1, 0.15) is 6.54 Å². The van der Waals surface area contributed by atoms with Crippen molar-refractivity contribution in [2.45, 2.75) is 6.54 Å². The summed E-state index contributed by atoms with van der Waals surface area (Å²) in [6, 6.07) is 6.76. The summed E-state index contributed by atoms with van der Waals surface area (Å²) < 4.78 is 1.12. The SMILES string of the molecule is O=C([O-])CNC(=O)Cn1cnc2ccccc2c1=O. The van der Waals surface area contributed by atoms with Gasteiger partial charge in [-0.05, 0) is 12.1 Å². The van der Waals surface area contributed by atoms with Crippen LogP contribution in [0.1, 0.15) is 0 Å². The van der Waals surface area contributed by atoms with Crippen LogP contribution in [0, 0.1) is 0 Å². The van der Waals surface area contributed by atoms with Gasteiger partial charge in [-0.1, -0.05) is 12.1 Å². The quantitative estimate of drug-likeness (QED) is 0.703. The smallest absolute Gasteiger partial charge is 0.261 e. The third-order valence-electron chi connectivity index (χ3n) is 2.48. The van der Waals surface area contributed by atoms with Crippen LogP contribution in [0.2, 0.25) is 0 Å². The Balaban J connectivity index is 2.22. The molecule has 0 radical (unpaired) electrons. The number of hydrogen-bond donors (Lipinski definition) is 1. The van der Waals surface area contributed by atoms with E-state index >= 15 is 0 Å². The molecule has 2 aromatic rings. The summed E-state index contributed by atoms with van der Waals surface area (Å²) >= 11 is 0. The van der Waals surface area contributed by atoms with Gasteiger partial charge in [-0.25, -0.2) is 4.98 Å². The Morgan fingerprint density at radius 1 is 1.32 bits per heavy atom. The minimum Gasteiger partial charge on any atom is -0.548 e. The molecule has 1 N–H and O–H groups in total. The number of carboxylic acid groups (broad SMARTS) is 1. The molecule has 0 aliphatic rings.